The molecule has 2 N–H and O–H groups in total. The lowest BCUT2D eigenvalue weighted by molar-refractivity contribution is -0.146. The average Bonchev–Trinajstić information content (AvgIpc) is 3.80. The van der Waals surface area contributed by atoms with E-state index < -0.39 is 66.1 Å². The maximum absolute atomic E-state index is 15.2. The van der Waals surface area contributed by atoms with Gasteiger partial charge in [0.25, 0.3) is 5.91 Å². The highest BCUT2D eigenvalue weighted by Crippen LogP contribution is 2.60. The molecule has 0 saturated carbocycles. The zero-order chi connectivity index (χ0) is 37.0. The van der Waals surface area contributed by atoms with E-state index in [2.05, 4.69) is 18.5 Å². The number of allylic oxidation sites excluding steroid dienone is 1. The molecule has 10 nitrogen and oxygen atoms in total. The zero-order valence-electron chi connectivity index (χ0n) is 29.8. The Bertz CT molecular complexity index is 1790. The lowest BCUT2D eigenvalue weighted by atomic mass is 9.70. The standard InChI is InChI=1S/C42H47N3O7/c1-5-7-21-34(47)51-26-31(29-17-10-8-11-18-29)43-39(48)35-33-22-23-42(52-33)36(35)40(49)45(32(25-46)30-19-12-9-13-20-30)38(42)41(50)44(24-6-2)37-27(3)15-14-16-28(37)4/h5-6,8-20,31-33,35-36,38,46H,1-2,7,21-26H2,3-4H3,(H,43,48)/t31-,32+,33+,35-,36-,38+,42-/m0/s1. The normalized spacial score (nSPS) is 24.1. The summed E-state index contributed by atoms with van der Waals surface area (Å²) >= 11 is 0. The van der Waals surface area contributed by atoms with Gasteiger partial charge in [0, 0.05) is 18.7 Å². The first kappa shape index (κ1) is 36.7. The molecule has 3 aliphatic heterocycles. The number of ether oxygens (including phenoxy) is 2. The van der Waals surface area contributed by atoms with Crippen LogP contribution in [-0.2, 0) is 28.7 Å². The molecule has 0 aliphatic carbocycles. The van der Waals surface area contributed by atoms with Gasteiger partial charge in [-0.3, -0.25) is 19.2 Å². The Balaban J connectivity index is 1.39. The van der Waals surface area contributed by atoms with Gasteiger partial charge in [-0.1, -0.05) is 91.0 Å². The lowest BCUT2D eigenvalue weighted by Gasteiger charge is -2.40. The Morgan fingerprint density at radius 1 is 1.00 bits per heavy atom. The van der Waals surface area contributed by atoms with E-state index in [4.69, 9.17) is 9.47 Å². The minimum atomic E-state index is -1.32. The van der Waals surface area contributed by atoms with Gasteiger partial charge in [0.2, 0.25) is 11.8 Å². The van der Waals surface area contributed by atoms with Gasteiger partial charge in [-0.2, -0.15) is 0 Å². The second-order valence-electron chi connectivity index (χ2n) is 13.9. The van der Waals surface area contributed by atoms with E-state index in [0.717, 1.165) is 22.4 Å². The van der Waals surface area contributed by atoms with E-state index in [1.54, 1.807) is 17.1 Å². The summed E-state index contributed by atoms with van der Waals surface area (Å²) in [5.74, 6) is -3.54. The molecule has 3 saturated heterocycles. The third kappa shape index (κ3) is 6.68. The summed E-state index contributed by atoms with van der Waals surface area (Å²) in [4.78, 5) is 60.3. The molecule has 0 unspecified atom stereocenters. The fourth-order valence-corrected chi connectivity index (χ4v) is 8.48. The van der Waals surface area contributed by atoms with E-state index >= 15 is 4.79 Å². The molecule has 3 heterocycles. The number of anilines is 1. The van der Waals surface area contributed by atoms with Gasteiger partial charge in [-0.15, -0.1) is 13.2 Å². The van der Waals surface area contributed by atoms with Crippen LogP contribution in [0.2, 0.25) is 0 Å². The smallest absolute Gasteiger partial charge is 0.306 e. The van der Waals surface area contributed by atoms with Crippen LogP contribution in [0.25, 0.3) is 0 Å². The number of aryl methyl sites for hydroxylation is 2. The molecule has 6 rings (SSSR count). The van der Waals surface area contributed by atoms with Gasteiger partial charge in [-0.05, 0) is 55.4 Å². The number of carbonyl (C=O) groups is 4. The highest BCUT2D eigenvalue weighted by Gasteiger charge is 2.75. The summed E-state index contributed by atoms with van der Waals surface area (Å²) in [5, 5.41) is 14.0. The van der Waals surface area contributed by atoms with Crippen LogP contribution in [0, 0.1) is 25.7 Å². The van der Waals surface area contributed by atoms with Crippen molar-refractivity contribution in [3.8, 4) is 0 Å². The second-order valence-corrected chi connectivity index (χ2v) is 13.9. The molecule has 52 heavy (non-hydrogen) atoms. The van der Waals surface area contributed by atoms with Gasteiger partial charge in [0.1, 0.15) is 18.2 Å². The minimum Gasteiger partial charge on any atom is -0.463 e. The van der Waals surface area contributed by atoms with Crippen molar-refractivity contribution in [3.05, 3.63) is 126 Å². The zero-order valence-corrected chi connectivity index (χ0v) is 29.8. The largest absolute Gasteiger partial charge is 0.463 e. The Kier molecular flexibility index (Phi) is 11.1. The molecule has 0 radical (unpaired) electrons. The second kappa shape index (κ2) is 15.7. The van der Waals surface area contributed by atoms with E-state index in [-0.39, 0.29) is 25.5 Å². The summed E-state index contributed by atoms with van der Waals surface area (Å²) in [6.45, 7) is 11.1. The molecule has 272 valence electrons. The molecule has 2 bridgehead atoms. The number of para-hydroxylation sites is 1. The highest BCUT2D eigenvalue weighted by molar-refractivity contribution is 6.05. The van der Waals surface area contributed by atoms with Crippen LogP contribution in [0.5, 0.6) is 0 Å². The third-order valence-electron chi connectivity index (χ3n) is 10.7. The van der Waals surface area contributed by atoms with Crippen molar-refractivity contribution in [2.75, 3.05) is 24.7 Å². The first-order valence-electron chi connectivity index (χ1n) is 17.9. The molecule has 3 fully saturated rings. The predicted octanol–water partition coefficient (Wildman–Crippen LogP) is 5.30. The van der Waals surface area contributed by atoms with Crippen molar-refractivity contribution in [2.45, 2.75) is 69.4 Å². The summed E-state index contributed by atoms with van der Waals surface area (Å²) in [7, 11) is 0. The summed E-state index contributed by atoms with van der Waals surface area (Å²) < 4.78 is 12.3. The molecule has 0 aromatic heterocycles. The number of nitrogens with one attached hydrogen (secondary N) is 1. The summed E-state index contributed by atoms with van der Waals surface area (Å²) in [6.07, 6.45) is 4.16. The van der Waals surface area contributed by atoms with Crippen LogP contribution < -0.4 is 10.2 Å². The van der Waals surface area contributed by atoms with E-state index in [9.17, 15) is 19.5 Å². The molecule has 10 heteroatoms. The first-order chi connectivity index (χ1) is 25.2. The number of aliphatic hydroxyl groups excluding tert-OH is 1. The molecule has 1 spiro atoms. The molecule has 7 atom stereocenters. The van der Waals surface area contributed by atoms with Crippen LogP contribution in [-0.4, -0.2) is 71.2 Å². The number of esters is 1. The van der Waals surface area contributed by atoms with Crippen LogP contribution >= 0.6 is 0 Å². The number of benzene rings is 3. The molecule has 3 aliphatic rings. The van der Waals surface area contributed by atoms with E-state index in [0.29, 0.717) is 24.8 Å². The number of carbonyl (C=O) groups excluding carboxylic acids is 4. The van der Waals surface area contributed by atoms with Gasteiger partial charge >= 0.3 is 5.97 Å². The maximum atomic E-state index is 15.2. The summed E-state index contributed by atoms with van der Waals surface area (Å²) in [5.41, 5.74) is 2.55. The van der Waals surface area contributed by atoms with Gasteiger partial charge in [-0.25, -0.2) is 0 Å². The van der Waals surface area contributed by atoms with Crippen LogP contribution in [0.3, 0.4) is 0 Å². The van der Waals surface area contributed by atoms with Gasteiger partial charge in [0.15, 0.2) is 0 Å². The highest BCUT2D eigenvalue weighted by atomic mass is 16.5. The number of fused-ring (bicyclic) bond motifs is 1. The Labute approximate surface area is 305 Å². The molecular weight excluding hydrogens is 658 g/mol. The van der Waals surface area contributed by atoms with E-state index in [1.165, 1.54) is 4.90 Å². The van der Waals surface area contributed by atoms with Crippen LogP contribution in [0.1, 0.15) is 60.0 Å². The minimum absolute atomic E-state index is 0.103. The van der Waals surface area contributed by atoms with Crippen molar-refractivity contribution in [3.63, 3.8) is 0 Å². The number of hydrogen-bond donors (Lipinski definition) is 2. The Morgan fingerprint density at radius 2 is 1.65 bits per heavy atom. The van der Waals surface area contributed by atoms with Crippen molar-refractivity contribution in [2.24, 2.45) is 11.8 Å². The molecule has 3 aromatic carbocycles. The Hall–Kier alpha value is -5.06. The van der Waals surface area contributed by atoms with E-state index in [1.807, 2.05) is 92.7 Å². The first-order valence-corrected chi connectivity index (χ1v) is 17.9. The van der Waals surface area contributed by atoms with Gasteiger partial charge < -0.3 is 29.7 Å². The monoisotopic (exact) mass is 705 g/mol. The number of aliphatic hydroxyl groups is 1. The number of hydrogen-bond acceptors (Lipinski definition) is 7. The van der Waals surface area contributed by atoms with Crippen LogP contribution in [0.4, 0.5) is 5.69 Å². The van der Waals surface area contributed by atoms with Crippen LogP contribution in [0.15, 0.2) is 104 Å². The fourth-order valence-electron chi connectivity index (χ4n) is 8.48. The topological polar surface area (TPSA) is 125 Å². The third-order valence-corrected chi connectivity index (χ3v) is 10.7. The van der Waals surface area contributed by atoms with Crippen molar-refractivity contribution in [1.29, 1.82) is 0 Å². The van der Waals surface area contributed by atoms with Crippen molar-refractivity contribution < 1.29 is 33.8 Å². The predicted molar refractivity (Wildman–Crippen MR) is 197 cm³/mol. The lowest BCUT2D eigenvalue weighted by Crippen LogP contribution is -2.57. The molecule has 3 amide bonds. The van der Waals surface area contributed by atoms with Crippen molar-refractivity contribution >= 4 is 29.4 Å². The van der Waals surface area contributed by atoms with Crippen molar-refractivity contribution in [1.82, 2.24) is 10.2 Å². The number of likely N-dealkylation sites (tertiary alicyclic amines) is 1. The van der Waals surface area contributed by atoms with Gasteiger partial charge in [0.05, 0.1) is 36.6 Å². The number of amides is 3. The number of nitrogens with zero attached hydrogens (tertiary/aromatic N) is 2. The quantitative estimate of drug-likeness (QED) is 0.163. The molecular formula is C42H47N3O7. The number of rotatable bonds is 15. The summed E-state index contributed by atoms with van der Waals surface area (Å²) in [6, 6.07) is 21.4. The molecule has 3 aromatic rings. The SMILES string of the molecule is C=CCCC(=O)OC[C@H](NC(=O)[C@@H]1[C@H]2C(=O)N([C@H](CO)c3ccccc3)[C@H](C(=O)N(CC=C)c3c(C)cccc3C)[C@]23CC[C@H]1O3)c1ccccc1. The Morgan fingerprint density at radius 3 is 2.27 bits per heavy atom. The average molecular weight is 706 g/mol. The maximum Gasteiger partial charge on any atom is 0.306 e. The fraction of sp³-hybridized carbons (Fsp3) is 0.381.